The Morgan fingerprint density at radius 1 is 1.22 bits per heavy atom. The molecule has 0 aliphatic carbocycles. The Morgan fingerprint density at radius 2 is 2.00 bits per heavy atom. The molecule has 2 atom stereocenters. The lowest BCUT2D eigenvalue weighted by Crippen LogP contribution is -2.40. The van der Waals surface area contributed by atoms with Crippen molar-refractivity contribution in [1.82, 2.24) is 4.90 Å². The van der Waals surface area contributed by atoms with Crippen LogP contribution in [0.1, 0.15) is 42.4 Å². The molecule has 2 aromatic rings. The first kappa shape index (κ1) is 15.4. The minimum atomic E-state index is -0.196. The molecule has 0 spiro atoms. The lowest BCUT2D eigenvalue weighted by atomic mass is 10.0. The Kier molecular flexibility index (Phi) is 4.24. The topological polar surface area (TPSA) is 41.6 Å². The first-order valence-corrected chi connectivity index (χ1v) is 7.99. The summed E-state index contributed by atoms with van der Waals surface area (Å²) < 4.78 is 5.90. The van der Waals surface area contributed by atoms with Crippen molar-refractivity contribution in [3.8, 4) is 5.75 Å². The molecule has 0 radical (unpaired) electrons. The fourth-order valence-electron chi connectivity index (χ4n) is 2.73. The fourth-order valence-corrected chi connectivity index (χ4v) is 2.73. The second kappa shape index (κ2) is 6.32. The van der Waals surface area contributed by atoms with E-state index in [4.69, 9.17) is 4.74 Å². The number of anilines is 1. The standard InChI is InChI=1S/C19H22N2O2/c1-4-13(2)23-15-9-7-8-14(12-15)18-20-17-11-6-5-10-16(17)19(22)21(18)3/h5-13,18,20H,4H2,1-3H3. The number of ether oxygens (including phenoxy) is 1. The average molecular weight is 310 g/mol. The van der Waals surface area contributed by atoms with Gasteiger partial charge in [-0.2, -0.15) is 0 Å². The molecule has 1 heterocycles. The van der Waals surface area contributed by atoms with Gasteiger partial charge in [0.25, 0.3) is 5.91 Å². The number of fused-ring (bicyclic) bond motifs is 1. The highest BCUT2D eigenvalue weighted by atomic mass is 16.5. The number of benzene rings is 2. The van der Waals surface area contributed by atoms with Crippen LogP contribution in [-0.2, 0) is 0 Å². The van der Waals surface area contributed by atoms with Crippen molar-refractivity contribution in [3.05, 3.63) is 59.7 Å². The highest BCUT2D eigenvalue weighted by Gasteiger charge is 2.30. The van der Waals surface area contributed by atoms with E-state index in [9.17, 15) is 4.79 Å². The number of nitrogens with zero attached hydrogens (tertiary/aromatic N) is 1. The van der Waals surface area contributed by atoms with Crippen molar-refractivity contribution in [2.75, 3.05) is 12.4 Å². The Balaban J connectivity index is 1.90. The van der Waals surface area contributed by atoms with Crippen LogP contribution in [0.5, 0.6) is 5.75 Å². The Morgan fingerprint density at radius 3 is 2.78 bits per heavy atom. The molecule has 1 aliphatic rings. The maximum Gasteiger partial charge on any atom is 0.257 e. The Bertz CT molecular complexity index is 714. The predicted molar refractivity (Wildman–Crippen MR) is 91.7 cm³/mol. The van der Waals surface area contributed by atoms with E-state index in [1.165, 1.54) is 0 Å². The maximum atomic E-state index is 12.6. The van der Waals surface area contributed by atoms with Crippen molar-refractivity contribution in [3.63, 3.8) is 0 Å². The fraction of sp³-hybridized carbons (Fsp3) is 0.316. The van der Waals surface area contributed by atoms with Crippen LogP contribution >= 0.6 is 0 Å². The molecule has 1 aliphatic heterocycles. The van der Waals surface area contributed by atoms with Crippen molar-refractivity contribution in [2.45, 2.75) is 32.5 Å². The van der Waals surface area contributed by atoms with Gasteiger partial charge in [0.05, 0.1) is 11.7 Å². The molecule has 1 N–H and O–H groups in total. The molecular formula is C19H22N2O2. The SMILES string of the molecule is CCC(C)Oc1cccc(C2Nc3ccccc3C(=O)N2C)c1. The van der Waals surface area contributed by atoms with Gasteiger partial charge in [-0.25, -0.2) is 0 Å². The number of rotatable bonds is 4. The van der Waals surface area contributed by atoms with Gasteiger partial charge >= 0.3 is 0 Å². The van der Waals surface area contributed by atoms with Gasteiger partial charge in [-0.1, -0.05) is 31.2 Å². The van der Waals surface area contributed by atoms with Crippen molar-refractivity contribution in [1.29, 1.82) is 0 Å². The minimum Gasteiger partial charge on any atom is -0.491 e. The summed E-state index contributed by atoms with van der Waals surface area (Å²) in [7, 11) is 1.82. The van der Waals surface area contributed by atoms with E-state index in [0.717, 1.165) is 23.4 Å². The van der Waals surface area contributed by atoms with Gasteiger partial charge in [0, 0.05) is 12.7 Å². The van der Waals surface area contributed by atoms with Crippen molar-refractivity contribution >= 4 is 11.6 Å². The molecule has 23 heavy (non-hydrogen) atoms. The van der Waals surface area contributed by atoms with E-state index >= 15 is 0 Å². The van der Waals surface area contributed by atoms with E-state index < -0.39 is 0 Å². The smallest absolute Gasteiger partial charge is 0.257 e. The van der Waals surface area contributed by atoms with Gasteiger partial charge in [0.1, 0.15) is 11.9 Å². The van der Waals surface area contributed by atoms with Crippen molar-refractivity contribution < 1.29 is 9.53 Å². The van der Waals surface area contributed by atoms with E-state index in [-0.39, 0.29) is 18.2 Å². The van der Waals surface area contributed by atoms with Crippen LogP contribution < -0.4 is 10.1 Å². The third-order valence-electron chi connectivity index (χ3n) is 4.24. The molecule has 3 rings (SSSR count). The zero-order chi connectivity index (χ0) is 16.4. The van der Waals surface area contributed by atoms with Crippen LogP contribution in [0, 0.1) is 0 Å². The third kappa shape index (κ3) is 3.02. The van der Waals surface area contributed by atoms with Crippen LogP contribution in [-0.4, -0.2) is 24.0 Å². The summed E-state index contributed by atoms with van der Waals surface area (Å²) in [6, 6.07) is 15.5. The zero-order valence-electron chi connectivity index (χ0n) is 13.7. The van der Waals surface area contributed by atoms with E-state index in [1.807, 2.05) is 55.6 Å². The molecule has 0 saturated heterocycles. The molecule has 4 nitrogen and oxygen atoms in total. The number of hydrogen-bond donors (Lipinski definition) is 1. The average Bonchev–Trinajstić information content (AvgIpc) is 2.58. The monoisotopic (exact) mass is 310 g/mol. The first-order chi connectivity index (χ1) is 11.1. The Hall–Kier alpha value is -2.49. The highest BCUT2D eigenvalue weighted by molar-refractivity contribution is 6.01. The number of para-hydroxylation sites is 1. The second-order valence-corrected chi connectivity index (χ2v) is 5.92. The number of amides is 1. The molecule has 2 unspecified atom stereocenters. The van der Waals surface area contributed by atoms with Gasteiger partial charge in [-0.15, -0.1) is 0 Å². The van der Waals surface area contributed by atoms with Crippen LogP contribution in [0.25, 0.3) is 0 Å². The maximum absolute atomic E-state index is 12.6. The minimum absolute atomic E-state index is 0.0256. The largest absolute Gasteiger partial charge is 0.491 e. The number of carbonyl (C=O) groups excluding carboxylic acids is 1. The summed E-state index contributed by atoms with van der Waals surface area (Å²) in [5.41, 5.74) is 2.59. The summed E-state index contributed by atoms with van der Waals surface area (Å²) in [5.74, 6) is 0.857. The quantitative estimate of drug-likeness (QED) is 0.926. The van der Waals surface area contributed by atoms with Gasteiger partial charge in [0.2, 0.25) is 0 Å². The lowest BCUT2D eigenvalue weighted by Gasteiger charge is -2.35. The van der Waals surface area contributed by atoms with Gasteiger partial charge < -0.3 is 15.0 Å². The molecule has 4 heteroatoms. The number of carbonyl (C=O) groups is 1. The molecule has 0 saturated carbocycles. The predicted octanol–water partition coefficient (Wildman–Crippen LogP) is 4.06. The molecular weight excluding hydrogens is 288 g/mol. The molecule has 1 amide bonds. The van der Waals surface area contributed by atoms with Crippen LogP contribution in [0.3, 0.4) is 0 Å². The highest BCUT2D eigenvalue weighted by Crippen LogP contribution is 2.33. The van der Waals surface area contributed by atoms with Crippen LogP contribution in [0.15, 0.2) is 48.5 Å². The van der Waals surface area contributed by atoms with Gasteiger partial charge in [-0.05, 0) is 43.2 Å². The van der Waals surface area contributed by atoms with Gasteiger partial charge in [-0.3, -0.25) is 4.79 Å². The molecule has 2 aromatic carbocycles. The van der Waals surface area contributed by atoms with Crippen molar-refractivity contribution in [2.24, 2.45) is 0 Å². The number of nitrogens with one attached hydrogen (secondary N) is 1. The van der Waals surface area contributed by atoms with E-state index in [1.54, 1.807) is 4.90 Å². The summed E-state index contributed by atoms with van der Waals surface area (Å²) in [6.45, 7) is 4.15. The molecule has 0 fully saturated rings. The van der Waals surface area contributed by atoms with Gasteiger partial charge in [0.15, 0.2) is 0 Å². The van der Waals surface area contributed by atoms with Crippen LogP contribution in [0.2, 0.25) is 0 Å². The summed E-state index contributed by atoms with van der Waals surface area (Å²) in [5, 5.41) is 3.44. The molecule has 0 bridgehead atoms. The van der Waals surface area contributed by atoms with E-state index in [0.29, 0.717) is 5.56 Å². The summed E-state index contributed by atoms with van der Waals surface area (Å²) in [6.07, 6.45) is 0.931. The second-order valence-electron chi connectivity index (χ2n) is 5.92. The third-order valence-corrected chi connectivity index (χ3v) is 4.24. The first-order valence-electron chi connectivity index (χ1n) is 7.99. The Labute approximate surface area is 137 Å². The van der Waals surface area contributed by atoms with Crippen LogP contribution in [0.4, 0.5) is 5.69 Å². The molecule has 120 valence electrons. The number of hydrogen-bond acceptors (Lipinski definition) is 3. The zero-order valence-corrected chi connectivity index (χ0v) is 13.7. The lowest BCUT2D eigenvalue weighted by molar-refractivity contribution is 0.0735. The summed E-state index contributed by atoms with van der Waals surface area (Å²) >= 11 is 0. The van der Waals surface area contributed by atoms with E-state index in [2.05, 4.69) is 19.2 Å². The summed E-state index contributed by atoms with van der Waals surface area (Å²) in [4.78, 5) is 14.3. The normalized spacial score (nSPS) is 18.1. The molecule has 0 aromatic heterocycles.